The molecule has 0 saturated carbocycles. The first-order valence-electron chi connectivity index (χ1n) is 12.0. The number of carbonyl (C=O) groups excluding carboxylic acids is 2. The normalized spacial score (nSPS) is 16.1. The van der Waals surface area contributed by atoms with Gasteiger partial charge in [0.25, 0.3) is 0 Å². The Hall–Kier alpha value is -3.90. The first kappa shape index (κ1) is 24.8. The zero-order chi connectivity index (χ0) is 26.2. The Morgan fingerprint density at radius 2 is 1.54 bits per heavy atom. The molecule has 4 aromatic carbocycles. The average molecular weight is 557 g/mol. The van der Waals surface area contributed by atoms with Crippen LogP contribution in [-0.2, 0) is 15.1 Å². The second kappa shape index (κ2) is 9.87. The van der Waals surface area contributed by atoms with Crippen LogP contribution in [0.25, 0.3) is 16.8 Å². The highest BCUT2D eigenvalue weighted by molar-refractivity contribution is 9.10. The van der Waals surface area contributed by atoms with Crippen LogP contribution in [0.3, 0.4) is 0 Å². The fourth-order valence-corrected chi connectivity index (χ4v) is 4.95. The number of halogens is 1. The molecule has 1 atom stereocenters. The molecule has 0 saturated heterocycles. The highest BCUT2D eigenvalue weighted by Crippen LogP contribution is 2.49. The van der Waals surface area contributed by atoms with E-state index in [0.717, 1.165) is 26.5 Å². The van der Waals surface area contributed by atoms with Crippen LogP contribution in [0.5, 0.6) is 11.5 Å². The number of fused-ring (bicyclic) bond motifs is 3. The largest absolute Gasteiger partial charge is 0.472 e. The minimum atomic E-state index is -0.959. The molecule has 1 unspecified atom stereocenters. The van der Waals surface area contributed by atoms with E-state index in [2.05, 4.69) is 28.1 Å². The summed E-state index contributed by atoms with van der Waals surface area (Å²) in [6, 6.07) is 23.6. The lowest BCUT2D eigenvalue weighted by Crippen LogP contribution is -2.35. The minimum absolute atomic E-state index is 0.162. The summed E-state index contributed by atoms with van der Waals surface area (Å²) in [7, 11) is 0. The zero-order valence-corrected chi connectivity index (χ0v) is 22.3. The molecule has 186 valence electrons. The van der Waals surface area contributed by atoms with Gasteiger partial charge in [-0.15, -0.1) is 0 Å². The maximum absolute atomic E-state index is 13.2. The van der Waals surface area contributed by atoms with Gasteiger partial charge in [-0.3, -0.25) is 4.79 Å². The standard InChI is InChI=1S/C31H25BrO5/c1-4-35-30(34)27-26-17-18-31(21-11-9-19(2)10-12-21,22-13-15-23(32)16-14-22)37-28(26)24-7-5-6-8-25(24)29(27)36-20(3)33/h5-18H,4H2,1-3H3. The Morgan fingerprint density at radius 1 is 0.919 bits per heavy atom. The molecule has 0 radical (unpaired) electrons. The Balaban J connectivity index is 1.83. The summed E-state index contributed by atoms with van der Waals surface area (Å²) >= 11 is 3.53. The number of aryl methyl sites for hydroxylation is 1. The molecule has 4 aromatic rings. The van der Waals surface area contributed by atoms with Crippen molar-refractivity contribution in [2.45, 2.75) is 26.4 Å². The number of hydrogen-bond acceptors (Lipinski definition) is 5. The van der Waals surface area contributed by atoms with Crippen molar-refractivity contribution < 1.29 is 23.8 Å². The lowest BCUT2D eigenvalue weighted by Gasteiger charge is -2.37. The predicted molar refractivity (Wildman–Crippen MR) is 147 cm³/mol. The predicted octanol–water partition coefficient (Wildman–Crippen LogP) is 7.36. The van der Waals surface area contributed by atoms with E-state index in [4.69, 9.17) is 14.2 Å². The monoisotopic (exact) mass is 556 g/mol. The molecule has 0 fully saturated rings. The van der Waals surface area contributed by atoms with E-state index in [1.807, 2.05) is 79.7 Å². The van der Waals surface area contributed by atoms with Crippen molar-refractivity contribution in [1.29, 1.82) is 0 Å². The minimum Gasteiger partial charge on any atom is -0.472 e. The van der Waals surface area contributed by atoms with E-state index in [0.29, 0.717) is 16.7 Å². The Morgan fingerprint density at radius 3 is 2.16 bits per heavy atom. The lowest BCUT2D eigenvalue weighted by atomic mass is 9.82. The summed E-state index contributed by atoms with van der Waals surface area (Å²) in [4.78, 5) is 25.3. The van der Waals surface area contributed by atoms with Crippen LogP contribution in [0.1, 0.15) is 46.5 Å². The fraction of sp³-hybridized carbons (Fsp3) is 0.161. The molecule has 1 aliphatic rings. The SMILES string of the molecule is CCOC(=O)c1c2c(c3ccccc3c1OC(C)=O)OC(c1ccc(C)cc1)(c1ccc(Br)cc1)C=C2. The molecule has 5 rings (SSSR count). The molecule has 37 heavy (non-hydrogen) atoms. The highest BCUT2D eigenvalue weighted by atomic mass is 79.9. The second-order valence-electron chi connectivity index (χ2n) is 8.85. The molecular formula is C31H25BrO5. The Labute approximate surface area is 223 Å². The van der Waals surface area contributed by atoms with Gasteiger partial charge in [0.2, 0.25) is 0 Å². The number of carbonyl (C=O) groups is 2. The van der Waals surface area contributed by atoms with Gasteiger partial charge in [-0.1, -0.05) is 82.2 Å². The third-order valence-electron chi connectivity index (χ3n) is 6.38. The van der Waals surface area contributed by atoms with Gasteiger partial charge in [0, 0.05) is 38.9 Å². The third kappa shape index (κ3) is 4.42. The van der Waals surface area contributed by atoms with Gasteiger partial charge >= 0.3 is 11.9 Å². The zero-order valence-electron chi connectivity index (χ0n) is 20.7. The van der Waals surface area contributed by atoms with E-state index in [9.17, 15) is 9.59 Å². The number of ether oxygens (including phenoxy) is 3. The van der Waals surface area contributed by atoms with Crippen molar-refractivity contribution in [3.8, 4) is 11.5 Å². The quantitative estimate of drug-likeness (QED) is 0.190. The van der Waals surface area contributed by atoms with Crippen LogP contribution in [0.4, 0.5) is 0 Å². The first-order chi connectivity index (χ1) is 17.8. The van der Waals surface area contributed by atoms with Crippen molar-refractivity contribution in [1.82, 2.24) is 0 Å². The lowest BCUT2D eigenvalue weighted by molar-refractivity contribution is -0.131. The van der Waals surface area contributed by atoms with Crippen LogP contribution >= 0.6 is 15.9 Å². The maximum atomic E-state index is 13.2. The highest BCUT2D eigenvalue weighted by Gasteiger charge is 2.40. The first-order valence-corrected chi connectivity index (χ1v) is 12.8. The third-order valence-corrected chi connectivity index (χ3v) is 6.91. The maximum Gasteiger partial charge on any atom is 0.342 e. The number of rotatable bonds is 5. The van der Waals surface area contributed by atoms with Crippen LogP contribution in [0.15, 0.2) is 83.3 Å². The van der Waals surface area contributed by atoms with Gasteiger partial charge in [-0.25, -0.2) is 4.79 Å². The van der Waals surface area contributed by atoms with Crippen LogP contribution < -0.4 is 9.47 Å². The summed E-state index contributed by atoms with van der Waals surface area (Å²) in [6.45, 7) is 5.26. The van der Waals surface area contributed by atoms with Gasteiger partial charge in [0.15, 0.2) is 11.4 Å². The van der Waals surface area contributed by atoms with Crippen LogP contribution in [0, 0.1) is 6.92 Å². The molecule has 1 heterocycles. The van der Waals surface area contributed by atoms with Gasteiger partial charge in [-0.05, 0) is 38.1 Å². The van der Waals surface area contributed by atoms with Crippen molar-refractivity contribution in [3.63, 3.8) is 0 Å². The summed E-state index contributed by atoms with van der Waals surface area (Å²) < 4.78 is 18.9. The van der Waals surface area contributed by atoms with Crippen LogP contribution in [-0.4, -0.2) is 18.5 Å². The number of hydrogen-bond donors (Lipinski definition) is 0. The van der Waals surface area contributed by atoms with Crippen LogP contribution in [0.2, 0.25) is 0 Å². The van der Waals surface area contributed by atoms with E-state index in [1.165, 1.54) is 6.92 Å². The summed E-state index contributed by atoms with van der Waals surface area (Å²) in [5.41, 5.74) is 2.71. The average Bonchev–Trinajstić information content (AvgIpc) is 2.89. The topological polar surface area (TPSA) is 61.8 Å². The summed E-state index contributed by atoms with van der Waals surface area (Å²) in [6.07, 6.45) is 3.81. The molecule has 0 amide bonds. The molecular weight excluding hydrogens is 532 g/mol. The van der Waals surface area contributed by atoms with Crippen molar-refractivity contribution in [2.75, 3.05) is 6.61 Å². The number of benzene rings is 4. The molecule has 0 spiro atoms. The molecule has 0 aromatic heterocycles. The van der Waals surface area contributed by atoms with Gasteiger partial charge in [0.05, 0.1) is 6.61 Å². The van der Waals surface area contributed by atoms with E-state index >= 15 is 0 Å². The van der Waals surface area contributed by atoms with E-state index in [-0.39, 0.29) is 17.9 Å². The van der Waals surface area contributed by atoms with Gasteiger partial charge < -0.3 is 14.2 Å². The molecule has 0 N–H and O–H groups in total. The molecule has 5 nitrogen and oxygen atoms in total. The van der Waals surface area contributed by atoms with Crippen molar-refractivity contribution in [3.05, 3.63) is 111 Å². The van der Waals surface area contributed by atoms with Crippen molar-refractivity contribution in [2.24, 2.45) is 0 Å². The molecule has 0 bridgehead atoms. The summed E-state index contributed by atoms with van der Waals surface area (Å²) in [5, 5.41) is 1.31. The molecule has 1 aliphatic heterocycles. The smallest absolute Gasteiger partial charge is 0.342 e. The van der Waals surface area contributed by atoms with Gasteiger partial charge in [-0.2, -0.15) is 0 Å². The van der Waals surface area contributed by atoms with Crippen molar-refractivity contribution >= 4 is 44.7 Å². The fourth-order valence-electron chi connectivity index (χ4n) is 4.69. The Bertz CT molecular complexity index is 1490. The molecule has 0 aliphatic carbocycles. The van der Waals surface area contributed by atoms with E-state index in [1.54, 1.807) is 6.92 Å². The second-order valence-corrected chi connectivity index (χ2v) is 9.77. The van der Waals surface area contributed by atoms with Gasteiger partial charge in [0.1, 0.15) is 11.3 Å². The summed E-state index contributed by atoms with van der Waals surface area (Å²) in [5.74, 6) is -0.429. The molecule has 6 heteroatoms. The Kier molecular flexibility index (Phi) is 6.61. The van der Waals surface area contributed by atoms with E-state index < -0.39 is 17.5 Å². The number of esters is 2.